The second kappa shape index (κ2) is 5.48. The predicted molar refractivity (Wildman–Crippen MR) is 66.2 cm³/mol. The number of esters is 2. The van der Waals surface area contributed by atoms with Gasteiger partial charge in [-0.1, -0.05) is 19.1 Å². The number of rotatable bonds is 3. The van der Waals surface area contributed by atoms with Crippen LogP contribution in [0, 0.1) is 0 Å². The number of hydrogen-bond donors (Lipinski definition) is 0. The predicted octanol–water partition coefficient (Wildman–Crippen LogP) is 2.02. The molecule has 0 unspecified atom stereocenters. The molecule has 0 amide bonds. The van der Waals surface area contributed by atoms with E-state index in [0.717, 1.165) is 17.7 Å². The van der Waals surface area contributed by atoms with Crippen molar-refractivity contribution in [2.75, 3.05) is 19.0 Å². The van der Waals surface area contributed by atoms with E-state index in [4.69, 9.17) is 0 Å². The molecule has 0 fully saturated rings. The van der Waals surface area contributed by atoms with Gasteiger partial charge in [0.15, 0.2) is 0 Å². The monoisotopic (exact) mass is 235 g/mol. The fourth-order valence-corrected chi connectivity index (χ4v) is 1.75. The van der Waals surface area contributed by atoms with Gasteiger partial charge in [-0.2, -0.15) is 0 Å². The first-order valence-electron chi connectivity index (χ1n) is 5.49. The van der Waals surface area contributed by atoms with Crippen LogP contribution in [0.2, 0.25) is 0 Å². The highest BCUT2D eigenvalue weighted by Gasteiger charge is 2.18. The third kappa shape index (κ3) is 3.06. The van der Waals surface area contributed by atoms with Crippen LogP contribution in [0.5, 0.6) is 0 Å². The molecule has 0 saturated carbocycles. The highest BCUT2D eigenvalue weighted by molar-refractivity contribution is 6.01. The van der Waals surface area contributed by atoms with Crippen LogP contribution < -0.4 is 4.90 Å². The summed E-state index contributed by atoms with van der Waals surface area (Å²) < 4.78 is 4.62. The van der Waals surface area contributed by atoms with E-state index in [9.17, 15) is 9.59 Å². The lowest BCUT2D eigenvalue weighted by atomic mass is 10.0. The molecule has 0 aliphatic heterocycles. The maximum absolute atomic E-state index is 11.8. The molecule has 1 aromatic rings. The van der Waals surface area contributed by atoms with Crippen LogP contribution in [-0.4, -0.2) is 26.0 Å². The average molecular weight is 235 g/mol. The summed E-state index contributed by atoms with van der Waals surface area (Å²) in [4.78, 5) is 24.4. The van der Waals surface area contributed by atoms with Crippen LogP contribution >= 0.6 is 0 Å². The van der Waals surface area contributed by atoms with E-state index in [1.54, 1.807) is 12.1 Å². The Kier molecular flexibility index (Phi) is 4.26. The zero-order valence-corrected chi connectivity index (χ0v) is 10.6. The third-order valence-electron chi connectivity index (χ3n) is 2.40. The first-order chi connectivity index (χ1) is 7.97. The van der Waals surface area contributed by atoms with Crippen LogP contribution in [0.15, 0.2) is 18.2 Å². The van der Waals surface area contributed by atoms with Crippen LogP contribution in [-0.2, 0) is 16.0 Å². The molecular formula is C13H17NO3. The quantitative estimate of drug-likeness (QED) is 0.594. The number of aryl methyl sites for hydroxylation is 1. The van der Waals surface area contributed by atoms with Gasteiger partial charge in [0.2, 0.25) is 0 Å². The van der Waals surface area contributed by atoms with Crippen LogP contribution in [0.25, 0.3) is 0 Å². The number of para-hydroxylation sites is 1. The van der Waals surface area contributed by atoms with Gasteiger partial charge in [-0.05, 0) is 18.1 Å². The van der Waals surface area contributed by atoms with Gasteiger partial charge in [0.25, 0.3) is 0 Å². The van der Waals surface area contributed by atoms with Crippen molar-refractivity contribution in [1.82, 2.24) is 0 Å². The van der Waals surface area contributed by atoms with Gasteiger partial charge >= 0.3 is 11.9 Å². The fraction of sp³-hybridized carbons (Fsp3) is 0.385. The maximum Gasteiger partial charge on any atom is 0.347 e. The molecule has 4 heteroatoms. The SMILES string of the molecule is CCc1cccc(C(=O)OC(C)=O)c1N(C)C. The van der Waals surface area contributed by atoms with Gasteiger partial charge in [0.1, 0.15) is 0 Å². The number of nitrogens with zero attached hydrogens (tertiary/aromatic N) is 1. The minimum atomic E-state index is -0.600. The molecule has 1 aromatic carbocycles. The summed E-state index contributed by atoms with van der Waals surface area (Å²) in [5.74, 6) is -1.20. The van der Waals surface area contributed by atoms with E-state index in [2.05, 4.69) is 4.74 Å². The van der Waals surface area contributed by atoms with Crippen LogP contribution in [0.3, 0.4) is 0 Å². The van der Waals surface area contributed by atoms with Gasteiger partial charge < -0.3 is 9.64 Å². The number of benzene rings is 1. The number of anilines is 1. The Balaban J connectivity index is 3.23. The molecular weight excluding hydrogens is 218 g/mol. The molecule has 0 atom stereocenters. The zero-order chi connectivity index (χ0) is 13.0. The van der Waals surface area contributed by atoms with Crippen LogP contribution in [0.4, 0.5) is 5.69 Å². The van der Waals surface area contributed by atoms with E-state index in [-0.39, 0.29) is 0 Å². The summed E-state index contributed by atoms with van der Waals surface area (Å²) in [6.07, 6.45) is 0.814. The second-order valence-corrected chi connectivity index (χ2v) is 3.94. The Hall–Kier alpha value is -1.84. The van der Waals surface area contributed by atoms with Crippen molar-refractivity contribution in [3.63, 3.8) is 0 Å². The Labute approximate surface area is 101 Å². The fourth-order valence-electron chi connectivity index (χ4n) is 1.75. The van der Waals surface area contributed by atoms with E-state index in [0.29, 0.717) is 5.56 Å². The Morgan fingerprint density at radius 3 is 2.41 bits per heavy atom. The van der Waals surface area contributed by atoms with Gasteiger partial charge in [-0.25, -0.2) is 4.79 Å². The molecule has 0 radical (unpaired) electrons. The van der Waals surface area contributed by atoms with Gasteiger partial charge in [0, 0.05) is 21.0 Å². The normalized spacial score (nSPS) is 9.88. The topological polar surface area (TPSA) is 46.6 Å². The summed E-state index contributed by atoms with van der Waals surface area (Å²) >= 11 is 0. The van der Waals surface area contributed by atoms with Crippen molar-refractivity contribution >= 4 is 17.6 Å². The smallest absolute Gasteiger partial charge is 0.347 e. The van der Waals surface area contributed by atoms with Crippen molar-refractivity contribution < 1.29 is 14.3 Å². The van der Waals surface area contributed by atoms with Crippen molar-refractivity contribution in [2.45, 2.75) is 20.3 Å². The van der Waals surface area contributed by atoms with Gasteiger partial charge in [-0.15, -0.1) is 0 Å². The molecule has 0 aromatic heterocycles. The Morgan fingerprint density at radius 2 is 1.94 bits per heavy atom. The molecule has 0 aliphatic rings. The molecule has 0 N–H and O–H groups in total. The maximum atomic E-state index is 11.8. The number of hydrogen-bond acceptors (Lipinski definition) is 4. The molecule has 0 saturated heterocycles. The van der Waals surface area contributed by atoms with Crippen molar-refractivity contribution in [3.05, 3.63) is 29.3 Å². The van der Waals surface area contributed by atoms with Crippen molar-refractivity contribution in [2.24, 2.45) is 0 Å². The van der Waals surface area contributed by atoms with E-state index in [1.807, 2.05) is 32.0 Å². The molecule has 0 aliphatic carbocycles. The zero-order valence-electron chi connectivity index (χ0n) is 10.6. The molecule has 4 nitrogen and oxygen atoms in total. The summed E-state index contributed by atoms with van der Waals surface area (Å²) in [7, 11) is 3.72. The third-order valence-corrected chi connectivity index (χ3v) is 2.40. The van der Waals surface area contributed by atoms with Crippen LogP contribution in [0.1, 0.15) is 29.8 Å². The van der Waals surface area contributed by atoms with E-state index >= 15 is 0 Å². The lowest BCUT2D eigenvalue weighted by Crippen LogP contribution is -2.18. The van der Waals surface area contributed by atoms with Gasteiger partial charge in [0.05, 0.1) is 11.3 Å². The van der Waals surface area contributed by atoms with Crippen molar-refractivity contribution in [1.29, 1.82) is 0 Å². The Bertz CT molecular complexity index is 438. The standard InChI is InChI=1S/C13H17NO3/c1-5-10-7-6-8-11(12(10)14(3)4)13(16)17-9(2)15/h6-8H,5H2,1-4H3. The number of carbonyl (C=O) groups is 2. The molecule has 0 bridgehead atoms. The molecule has 92 valence electrons. The van der Waals surface area contributed by atoms with E-state index in [1.165, 1.54) is 6.92 Å². The van der Waals surface area contributed by atoms with E-state index < -0.39 is 11.9 Å². The molecule has 1 rings (SSSR count). The van der Waals surface area contributed by atoms with Gasteiger partial charge in [-0.3, -0.25) is 4.79 Å². The first kappa shape index (κ1) is 13.2. The lowest BCUT2D eigenvalue weighted by Gasteiger charge is -2.19. The molecule has 0 spiro atoms. The minimum absolute atomic E-state index is 0.421. The second-order valence-electron chi connectivity index (χ2n) is 3.94. The largest absolute Gasteiger partial charge is 0.390 e. The van der Waals surface area contributed by atoms with Crippen molar-refractivity contribution in [3.8, 4) is 0 Å². The Morgan fingerprint density at radius 1 is 1.29 bits per heavy atom. The first-order valence-corrected chi connectivity index (χ1v) is 5.49. The summed E-state index contributed by atoms with van der Waals surface area (Å²) in [5, 5.41) is 0. The lowest BCUT2D eigenvalue weighted by molar-refractivity contribution is -0.135. The minimum Gasteiger partial charge on any atom is -0.390 e. The highest BCUT2D eigenvalue weighted by atomic mass is 16.6. The molecule has 0 heterocycles. The highest BCUT2D eigenvalue weighted by Crippen LogP contribution is 2.25. The summed E-state index contributed by atoms with van der Waals surface area (Å²) in [5.41, 5.74) is 2.28. The molecule has 17 heavy (non-hydrogen) atoms. The number of carbonyl (C=O) groups excluding carboxylic acids is 2. The number of ether oxygens (including phenoxy) is 1. The average Bonchev–Trinajstić information content (AvgIpc) is 2.26. The summed E-state index contributed by atoms with van der Waals surface area (Å²) in [6.45, 7) is 3.24. The summed E-state index contributed by atoms with van der Waals surface area (Å²) in [6, 6.07) is 5.42.